The maximum atomic E-state index is 12.5. The fourth-order valence-electron chi connectivity index (χ4n) is 2.40. The molecule has 6 heteroatoms. The molecule has 0 aliphatic carbocycles. The van der Waals surface area contributed by atoms with Gasteiger partial charge in [-0.2, -0.15) is 0 Å². The molecule has 2 aromatic carbocycles. The Balaban J connectivity index is 1.84. The molecule has 3 rings (SSSR count). The van der Waals surface area contributed by atoms with Gasteiger partial charge in [0.15, 0.2) is 0 Å². The highest BCUT2D eigenvalue weighted by Gasteiger charge is 2.15. The third-order valence-corrected chi connectivity index (χ3v) is 3.61. The molecule has 1 aromatic heterocycles. The van der Waals surface area contributed by atoms with Crippen molar-refractivity contribution in [1.82, 2.24) is 9.55 Å². The lowest BCUT2D eigenvalue weighted by Crippen LogP contribution is -2.24. The number of imidazole rings is 1. The predicted molar refractivity (Wildman–Crippen MR) is 91.5 cm³/mol. The van der Waals surface area contributed by atoms with Crippen molar-refractivity contribution in [2.24, 2.45) is 0 Å². The number of amides is 1. The number of aromatic nitrogens is 2. The van der Waals surface area contributed by atoms with Gasteiger partial charge in [-0.15, -0.1) is 0 Å². The van der Waals surface area contributed by atoms with Gasteiger partial charge >= 0.3 is 5.69 Å². The molecule has 0 atom stereocenters. The molecule has 24 heavy (non-hydrogen) atoms. The quantitative estimate of drug-likeness (QED) is 0.757. The van der Waals surface area contributed by atoms with Gasteiger partial charge in [-0.3, -0.25) is 9.36 Å². The van der Waals surface area contributed by atoms with Crippen LogP contribution in [0.15, 0.2) is 65.6 Å². The molecule has 0 saturated carbocycles. The first-order chi connectivity index (χ1) is 11.7. The maximum Gasteiger partial charge on any atom is 0.326 e. The zero-order valence-corrected chi connectivity index (χ0v) is 13.2. The van der Waals surface area contributed by atoms with Crippen molar-refractivity contribution in [2.75, 3.05) is 12.4 Å². The largest absolute Gasteiger partial charge is 0.497 e. The summed E-state index contributed by atoms with van der Waals surface area (Å²) in [7, 11) is 1.56. The van der Waals surface area contributed by atoms with E-state index in [2.05, 4.69) is 10.3 Å². The van der Waals surface area contributed by atoms with E-state index in [1.807, 2.05) is 30.3 Å². The number of aromatic amines is 1. The van der Waals surface area contributed by atoms with Crippen LogP contribution in [0.3, 0.4) is 0 Å². The Bertz CT molecular complexity index is 897. The number of benzene rings is 2. The summed E-state index contributed by atoms with van der Waals surface area (Å²) in [6.07, 6.45) is 1.42. The minimum Gasteiger partial charge on any atom is -0.497 e. The van der Waals surface area contributed by atoms with E-state index in [9.17, 15) is 9.59 Å². The molecule has 3 aromatic rings. The summed E-state index contributed by atoms with van der Waals surface area (Å²) in [6, 6.07) is 16.5. The average Bonchev–Trinajstić information content (AvgIpc) is 2.97. The minimum atomic E-state index is -0.363. The number of nitrogens with zero attached hydrogens (tertiary/aromatic N) is 1. The Morgan fingerprint density at radius 2 is 1.96 bits per heavy atom. The summed E-state index contributed by atoms with van der Waals surface area (Å²) >= 11 is 0. The summed E-state index contributed by atoms with van der Waals surface area (Å²) in [5.41, 5.74) is 1.48. The van der Waals surface area contributed by atoms with Crippen molar-refractivity contribution < 1.29 is 9.53 Å². The van der Waals surface area contributed by atoms with Crippen LogP contribution in [-0.4, -0.2) is 22.6 Å². The van der Waals surface area contributed by atoms with Crippen LogP contribution in [0.5, 0.6) is 5.75 Å². The predicted octanol–water partition coefficient (Wildman–Crippen LogP) is 2.49. The molecule has 122 valence electrons. The Hall–Kier alpha value is -3.28. The number of anilines is 1. The lowest BCUT2D eigenvalue weighted by atomic mass is 10.2. The third-order valence-electron chi connectivity index (χ3n) is 3.61. The molecule has 0 radical (unpaired) electrons. The molecule has 1 heterocycles. The molecule has 0 bridgehead atoms. The third kappa shape index (κ3) is 3.38. The van der Waals surface area contributed by atoms with Crippen LogP contribution in [-0.2, 0) is 6.54 Å². The number of rotatable bonds is 5. The van der Waals surface area contributed by atoms with Gasteiger partial charge < -0.3 is 15.0 Å². The van der Waals surface area contributed by atoms with E-state index in [-0.39, 0.29) is 17.3 Å². The normalized spacial score (nSPS) is 10.4. The van der Waals surface area contributed by atoms with Crippen LogP contribution in [0.2, 0.25) is 0 Å². The average molecular weight is 323 g/mol. The number of ether oxygens (including phenoxy) is 1. The van der Waals surface area contributed by atoms with Gasteiger partial charge in [0.05, 0.1) is 13.7 Å². The molecule has 0 saturated heterocycles. The molecule has 0 aliphatic rings. The van der Waals surface area contributed by atoms with E-state index in [0.29, 0.717) is 18.0 Å². The van der Waals surface area contributed by atoms with Crippen molar-refractivity contribution in [2.45, 2.75) is 6.54 Å². The number of carbonyl (C=O) groups is 1. The van der Waals surface area contributed by atoms with Gasteiger partial charge in [-0.25, -0.2) is 4.79 Å². The lowest BCUT2D eigenvalue weighted by Gasteiger charge is -2.09. The first kappa shape index (κ1) is 15.6. The van der Waals surface area contributed by atoms with Crippen LogP contribution >= 0.6 is 0 Å². The topological polar surface area (TPSA) is 76.1 Å². The summed E-state index contributed by atoms with van der Waals surface area (Å²) in [6.45, 7) is 0.323. The van der Waals surface area contributed by atoms with Crippen LogP contribution in [0.4, 0.5) is 5.69 Å². The van der Waals surface area contributed by atoms with Crippen LogP contribution in [0.25, 0.3) is 0 Å². The number of methoxy groups -OCH3 is 1. The second-order valence-electron chi connectivity index (χ2n) is 5.24. The molecule has 0 fully saturated rings. The number of carbonyl (C=O) groups excluding carboxylic acids is 1. The van der Waals surface area contributed by atoms with Gasteiger partial charge in [-0.05, 0) is 17.7 Å². The van der Waals surface area contributed by atoms with E-state index >= 15 is 0 Å². The van der Waals surface area contributed by atoms with E-state index in [4.69, 9.17) is 4.74 Å². The van der Waals surface area contributed by atoms with Crippen molar-refractivity contribution in [1.29, 1.82) is 0 Å². The van der Waals surface area contributed by atoms with Crippen molar-refractivity contribution in [3.05, 3.63) is 82.5 Å². The van der Waals surface area contributed by atoms with Crippen molar-refractivity contribution in [3.63, 3.8) is 0 Å². The monoisotopic (exact) mass is 323 g/mol. The van der Waals surface area contributed by atoms with Gasteiger partial charge in [-0.1, -0.05) is 36.4 Å². The van der Waals surface area contributed by atoms with Gasteiger partial charge in [0.2, 0.25) is 0 Å². The lowest BCUT2D eigenvalue weighted by molar-refractivity contribution is 0.101. The zero-order chi connectivity index (χ0) is 16.9. The highest BCUT2D eigenvalue weighted by Crippen LogP contribution is 2.17. The molecular formula is C18H17N3O3. The van der Waals surface area contributed by atoms with Gasteiger partial charge in [0.25, 0.3) is 5.91 Å². The standard InChI is InChI=1S/C18H17N3O3/c1-24-15-9-5-8-14(10-15)20-17(22)16-11-19-18(23)21(16)12-13-6-3-2-4-7-13/h2-11H,12H2,1H3,(H,19,23)(H,20,22). The Labute approximate surface area is 138 Å². The Morgan fingerprint density at radius 3 is 2.71 bits per heavy atom. The fourth-order valence-corrected chi connectivity index (χ4v) is 2.40. The molecule has 0 spiro atoms. The molecular weight excluding hydrogens is 306 g/mol. The number of hydrogen-bond acceptors (Lipinski definition) is 3. The minimum absolute atomic E-state index is 0.270. The zero-order valence-electron chi connectivity index (χ0n) is 13.2. The SMILES string of the molecule is COc1cccc(NC(=O)c2c[nH]c(=O)n2Cc2ccccc2)c1. The molecule has 2 N–H and O–H groups in total. The van der Waals surface area contributed by atoms with Crippen molar-refractivity contribution in [3.8, 4) is 5.75 Å². The Morgan fingerprint density at radius 1 is 1.17 bits per heavy atom. The first-order valence-electron chi connectivity index (χ1n) is 7.45. The summed E-state index contributed by atoms with van der Waals surface area (Å²) in [5.74, 6) is 0.279. The Kier molecular flexibility index (Phi) is 4.47. The van der Waals surface area contributed by atoms with Gasteiger partial charge in [0, 0.05) is 18.0 Å². The number of H-pyrrole nitrogens is 1. The van der Waals surface area contributed by atoms with Crippen molar-refractivity contribution >= 4 is 11.6 Å². The van der Waals surface area contributed by atoms with Gasteiger partial charge in [0.1, 0.15) is 11.4 Å². The summed E-state index contributed by atoms with van der Waals surface area (Å²) in [4.78, 5) is 27.1. The summed E-state index contributed by atoms with van der Waals surface area (Å²) < 4.78 is 6.54. The van der Waals surface area contributed by atoms with E-state index < -0.39 is 0 Å². The van der Waals surface area contributed by atoms with E-state index in [1.165, 1.54) is 10.8 Å². The maximum absolute atomic E-state index is 12.5. The number of hydrogen-bond donors (Lipinski definition) is 2. The van der Waals surface area contributed by atoms with E-state index in [0.717, 1.165) is 5.56 Å². The molecule has 0 aliphatic heterocycles. The smallest absolute Gasteiger partial charge is 0.326 e. The highest BCUT2D eigenvalue weighted by atomic mass is 16.5. The van der Waals surface area contributed by atoms with Crippen LogP contribution in [0.1, 0.15) is 16.1 Å². The molecule has 1 amide bonds. The first-order valence-corrected chi connectivity index (χ1v) is 7.45. The molecule has 0 unspecified atom stereocenters. The summed E-state index contributed by atoms with van der Waals surface area (Å²) in [5, 5.41) is 2.77. The second kappa shape index (κ2) is 6.87. The van der Waals surface area contributed by atoms with E-state index in [1.54, 1.807) is 31.4 Å². The number of nitrogens with one attached hydrogen (secondary N) is 2. The fraction of sp³-hybridized carbons (Fsp3) is 0.111. The van der Waals surface area contributed by atoms with Crippen LogP contribution < -0.4 is 15.7 Å². The van der Waals surface area contributed by atoms with Crippen LogP contribution in [0, 0.1) is 0 Å². The highest BCUT2D eigenvalue weighted by molar-refractivity contribution is 6.03. The molecule has 6 nitrogen and oxygen atoms in total. The second-order valence-corrected chi connectivity index (χ2v) is 5.24.